The molecule has 0 saturated carbocycles. The number of anilines is 1. The summed E-state index contributed by atoms with van der Waals surface area (Å²) in [6, 6.07) is 13.8. The summed E-state index contributed by atoms with van der Waals surface area (Å²) in [7, 11) is -4.52. The van der Waals surface area contributed by atoms with Crippen molar-refractivity contribution in [2.45, 2.75) is 77.9 Å². The van der Waals surface area contributed by atoms with Gasteiger partial charge >= 0.3 is 25.7 Å². The molecule has 1 fully saturated rings. The first-order chi connectivity index (χ1) is 23.2. The van der Waals surface area contributed by atoms with Crippen LogP contribution in [-0.2, 0) is 42.4 Å². The van der Waals surface area contributed by atoms with Gasteiger partial charge in [-0.05, 0) is 43.7 Å². The molecule has 0 radical (unpaired) electrons. The van der Waals surface area contributed by atoms with E-state index in [4.69, 9.17) is 33.7 Å². The lowest BCUT2D eigenvalue weighted by molar-refractivity contribution is -0.173. The number of hydrogen-bond donors (Lipinski definition) is 2. The van der Waals surface area contributed by atoms with Crippen LogP contribution in [0.25, 0.3) is 5.52 Å². The van der Waals surface area contributed by atoms with E-state index >= 15 is 0 Å². The Morgan fingerprint density at radius 1 is 1.04 bits per heavy atom. The van der Waals surface area contributed by atoms with Crippen molar-refractivity contribution in [3.63, 3.8) is 0 Å². The summed E-state index contributed by atoms with van der Waals surface area (Å²) in [4.78, 5) is 38.8. The van der Waals surface area contributed by atoms with Crippen molar-refractivity contribution < 1.29 is 46.9 Å². The largest absolute Gasteiger partial charge is 0.465 e. The van der Waals surface area contributed by atoms with Gasteiger partial charge in [0.25, 0.3) is 0 Å². The van der Waals surface area contributed by atoms with Gasteiger partial charge in [0.05, 0.1) is 35.3 Å². The number of nitriles is 1. The number of nitrogen functional groups attached to an aromatic ring is 1. The molecule has 3 N–H and O–H groups in total. The number of nitrogens with two attached hydrogens (primary N) is 1. The Labute approximate surface area is 284 Å². The van der Waals surface area contributed by atoms with Gasteiger partial charge in [-0.2, -0.15) is 15.4 Å². The molecular formula is C33H42N5O10P. The van der Waals surface area contributed by atoms with Gasteiger partial charge in [-0.15, -0.1) is 0 Å². The number of hydrogen-bond acceptors (Lipinski definition) is 13. The van der Waals surface area contributed by atoms with Crippen molar-refractivity contribution in [1.29, 1.82) is 5.26 Å². The molecule has 0 unspecified atom stereocenters. The first kappa shape index (κ1) is 37.3. The van der Waals surface area contributed by atoms with Gasteiger partial charge in [0, 0.05) is 6.20 Å². The highest BCUT2D eigenvalue weighted by Crippen LogP contribution is 2.50. The first-order valence-corrected chi connectivity index (χ1v) is 17.4. The van der Waals surface area contributed by atoms with Crippen LogP contribution in [0.2, 0.25) is 0 Å². The predicted octanol–water partition coefficient (Wildman–Crippen LogP) is 4.52. The van der Waals surface area contributed by atoms with Crippen LogP contribution in [0.1, 0.15) is 59.8 Å². The summed E-state index contributed by atoms with van der Waals surface area (Å²) in [5.41, 5.74) is 5.15. The van der Waals surface area contributed by atoms with E-state index in [1.54, 1.807) is 64.1 Å². The zero-order valence-corrected chi connectivity index (χ0v) is 29.1. The van der Waals surface area contributed by atoms with Crippen molar-refractivity contribution in [2.75, 3.05) is 18.9 Å². The third-order valence-corrected chi connectivity index (χ3v) is 9.12. The number of nitrogens with one attached hydrogen (secondary N) is 1. The summed E-state index contributed by atoms with van der Waals surface area (Å²) in [5, 5.41) is 17.7. The fourth-order valence-electron chi connectivity index (χ4n) is 4.85. The number of fused-ring (bicyclic) bond motifs is 1. The number of nitrogens with zero attached hydrogens (tertiary/aromatic N) is 3. The van der Waals surface area contributed by atoms with E-state index in [-0.39, 0.29) is 12.4 Å². The molecule has 1 aliphatic rings. The number of aromatic nitrogens is 2. The fourth-order valence-corrected chi connectivity index (χ4v) is 6.37. The molecule has 0 amide bonds. The topological polar surface area (TPSA) is 203 Å². The molecule has 6 atom stereocenters. The van der Waals surface area contributed by atoms with Gasteiger partial charge in [-0.3, -0.25) is 18.9 Å². The zero-order chi connectivity index (χ0) is 35.9. The molecule has 15 nitrogen and oxygen atoms in total. The maximum absolute atomic E-state index is 14.3. The number of carbonyl (C=O) groups is 3. The lowest BCUT2D eigenvalue weighted by Crippen LogP contribution is -2.50. The molecule has 0 bridgehead atoms. The minimum atomic E-state index is -4.52. The van der Waals surface area contributed by atoms with Gasteiger partial charge in [-0.1, -0.05) is 52.8 Å². The summed E-state index contributed by atoms with van der Waals surface area (Å²) in [6.45, 7) is 8.95. The van der Waals surface area contributed by atoms with Crippen molar-refractivity contribution in [1.82, 2.24) is 14.7 Å². The second-order valence-electron chi connectivity index (χ2n) is 12.1. The molecule has 49 heavy (non-hydrogen) atoms. The van der Waals surface area contributed by atoms with Crippen LogP contribution >= 0.6 is 7.75 Å². The van der Waals surface area contributed by atoms with Crippen molar-refractivity contribution in [2.24, 2.45) is 11.8 Å². The van der Waals surface area contributed by atoms with E-state index in [2.05, 4.69) is 10.2 Å². The van der Waals surface area contributed by atoms with Crippen molar-refractivity contribution >= 4 is 36.9 Å². The molecular weight excluding hydrogens is 657 g/mol. The molecule has 0 spiro atoms. The fraction of sp³-hybridized carbons (Fsp3) is 0.485. The molecule has 4 rings (SSSR count). The smallest absolute Gasteiger partial charge is 0.459 e. The zero-order valence-electron chi connectivity index (χ0n) is 28.2. The third-order valence-electron chi connectivity index (χ3n) is 7.50. The molecule has 1 saturated heterocycles. The number of rotatable bonds is 15. The second-order valence-corrected chi connectivity index (χ2v) is 13.8. The average Bonchev–Trinajstić information content (AvgIpc) is 3.63. The van der Waals surface area contributed by atoms with E-state index in [9.17, 15) is 24.2 Å². The molecule has 1 aromatic carbocycles. The van der Waals surface area contributed by atoms with Crippen molar-refractivity contribution in [3.8, 4) is 11.8 Å². The van der Waals surface area contributed by atoms with Gasteiger partial charge in [0.1, 0.15) is 30.6 Å². The Morgan fingerprint density at radius 3 is 2.35 bits per heavy atom. The predicted molar refractivity (Wildman–Crippen MR) is 176 cm³/mol. The Balaban J connectivity index is 1.79. The van der Waals surface area contributed by atoms with E-state index in [1.165, 1.54) is 29.8 Å². The summed E-state index contributed by atoms with van der Waals surface area (Å²) >= 11 is 0. The summed E-state index contributed by atoms with van der Waals surface area (Å²) in [5.74, 6) is -3.24. The Morgan fingerprint density at radius 2 is 1.71 bits per heavy atom. The maximum Gasteiger partial charge on any atom is 0.459 e. The monoisotopic (exact) mass is 699 g/mol. The highest BCUT2D eigenvalue weighted by molar-refractivity contribution is 7.52. The van der Waals surface area contributed by atoms with Gasteiger partial charge in [-0.25, -0.2) is 9.08 Å². The van der Waals surface area contributed by atoms with E-state index in [0.717, 1.165) is 0 Å². The van der Waals surface area contributed by atoms with Crippen LogP contribution in [0.4, 0.5) is 5.69 Å². The molecule has 264 valence electrons. The average molecular weight is 700 g/mol. The third kappa shape index (κ3) is 8.58. The minimum absolute atomic E-state index is 0.124. The molecule has 3 heterocycles. The van der Waals surface area contributed by atoms with E-state index in [0.29, 0.717) is 23.3 Å². The first-order valence-electron chi connectivity index (χ1n) is 15.9. The Hall–Kier alpha value is -4.48. The number of carbonyl (C=O) groups excluding carboxylic acids is 3. The van der Waals surface area contributed by atoms with Crippen LogP contribution < -0.4 is 15.3 Å². The Kier molecular flexibility index (Phi) is 12.1. The van der Waals surface area contributed by atoms with Crippen LogP contribution in [0.5, 0.6) is 5.75 Å². The van der Waals surface area contributed by atoms with Crippen LogP contribution in [-0.4, -0.2) is 64.6 Å². The lowest BCUT2D eigenvalue weighted by atomic mass is 9.95. The number of benzene rings is 1. The standard InChI is InChI=1S/C33H42N5O10P/c1-7-17-43-32(41)22(6)37-49(42,48-23-11-9-8-10-12-23)44-19-33(18-34)29(46-31(40)21(4)5)28(45-30(39)20(2)3)27(47-33)26-14-13-25-24(35)15-16-36-38(25)26/h8-16,20-22,27-29H,7,17,19,35H2,1-6H3,(H,37,42)/t22-,27-,28-,29-,33+,49-/m0/s1. The maximum atomic E-state index is 14.3. The van der Waals surface area contributed by atoms with Crippen LogP contribution in [0, 0.1) is 23.2 Å². The molecule has 3 aromatic rings. The SMILES string of the molecule is CCCOC(=O)[C@H](C)N[P@](=O)(OC[C@@]1(C#N)O[C@@H](c2ccc3c(N)ccnn23)[C@H](OC(=O)C(C)C)[C@@H]1OC(=O)C(C)C)Oc1ccccc1. The van der Waals surface area contributed by atoms with Crippen molar-refractivity contribution in [3.05, 3.63) is 60.4 Å². The molecule has 16 heteroatoms. The normalized spacial score (nSPS) is 22.3. The second kappa shape index (κ2) is 15.8. The van der Waals surface area contributed by atoms with Gasteiger partial charge in [0.15, 0.2) is 12.2 Å². The van der Waals surface area contributed by atoms with Gasteiger partial charge in [0.2, 0.25) is 5.60 Å². The number of para-hydroxylation sites is 1. The Bertz CT molecular complexity index is 1730. The summed E-state index contributed by atoms with van der Waals surface area (Å²) in [6.07, 6.45) is -2.22. The van der Waals surface area contributed by atoms with Crippen LogP contribution in [0.15, 0.2) is 54.7 Å². The van der Waals surface area contributed by atoms with E-state index < -0.39 is 74.1 Å². The van der Waals surface area contributed by atoms with Gasteiger partial charge < -0.3 is 29.2 Å². The highest BCUT2D eigenvalue weighted by atomic mass is 31.2. The van der Waals surface area contributed by atoms with E-state index in [1.807, 2.05) is 13.0 Å². The summed E-state index contributed by atoms with van der Waals surface area (Å²) < 4.78 is 50.8. The molecule has 2 aromatic heterocycles. The molecule has 0 aliphatic carbocycles. The quantitative estimate of drug-likeness (QED) is 0.127. The minimum Gasteiger partial charge on any atom is -0.465 e. The highest BCUT2D eigenvalue weighted by Gasteiger charge is 2.62. The number of esters is 3. The lowest BCUT2D eigenvalue weighted by Gasteiger charge is -2.31. The number of ether oxygens (including phenoxy) is 4. The van der Waals surface area contributed by atoms with Crippen LogP contribution in [0.3, 0.4) is 0 Å². The molecule has 1 aliphatic heterocycles.